The van der Waals surface area contributed by atoms with E-state index in [1.165, 1.54) is 11.3 Å². The molecular formula is C14H22N2O2S. The highest BCUT2D eigenvalue weighted by molar-refractivity contribution is 7.17. The Kier molecular flexibility index (Phi) is 4.58. The SMILES string of the molecule is COC1CN(c2nc(C(C)C)c(C=O)s2)CCC1C. The summed E-state index contributed by atoms with van der Waals surface area (Å²) in [6, 6.07) is 0. The zero-order valence-corrected chi connectivity index (χ0v) is 12.9. The highest BCUT2D eigenvalue weighted by atomic mass is 32.1. The van der Waals surface area contributed by atoms with E-state index in [1.54, 1.807) is 7.11 Å². The molecular weight excluding hydrogens is 260 g/mol. The molecule has 0 amide bonds. The second-order valence-electron chi connectivity index (χ2n) is 5.50. The Morgan fingerprint density at radius 3 is 2.79 bits per heavy atom. The number of carbonyl (C=O) groups excluding carboxylic acids is 1. The molecule has 0 N–H and O–H groups in total. The quantitative estimate of drug-likeness (QED) is 0.796. The summed E-state index contributed by atoms with van der Waals surface area (Å²) >= 11 is 1.50. The van der Waals surface area contributed by atoms with Crippen LogP contribution in [0, 0.1) is 5.92 Å². The van der Waals surface area contributed by atoms with Gasteiger partial charge in [0.15, 0.2) is 11.4 Å². The summed E-state index contributed by atoms with van der Waals surface area (Å²) in [6.07, 6.45) is 2.28. The zero-order chi connectivity index (χ0) is 14.0. The standard InChI is InChI=1S/C14H22N2O2S/c1-9(2)13-12(8-17)19-14(15-13)16-6-5-10(3)11(7-16)18-4/h8-11H,5-7H2,1-4H3. The van der Waals surface area contributed by atoms with Crippen molar-refractivity contribution in [2.45, 2.75) is 39.2 Å². The van der Waals surface area contributed by atoms with Crippen LogP contribution in [0.5, 0.6) is 0 Å². The summed E-state index contributed by atoms with van der Waals surface area (Å²) in [5, 5.41) is 0.958. The lowest BCUT2D eigenvalue weighted by molar-refractivity contribution is 0.0498. The van der Waals surface area contributed by atoms with Crippen LogP contribution in [0.1, 0.15) is 48.5 Å². The molecule has 0 bridgehead atoms. The lowest BCUT2D eigenvalue weighted by atomic mass is 9.96. The zero-order valence-electron chi connectivity index (χ0n) is 12.0. The van der Waals surface area contributed by atoms with Crippen LogP contribution in [0.4, 0.5) is 5.13 Å². The van der Waals surface area contributed by atoms with Crippen LogP contribution >= 0.6 is 11.3 Å². The molecule has 0 radical (unpaired) electrons. The third kappa shape index (κ3) is 2.98. The number of carbonyl (C=O) groups is 1. The Morgan fingerprint density at radius 1 is 1.53 bits per heavy atom. The molecule has 1 aliphatic rings. The van der Waals surface area contributed by atoms with Crippen LogP contribution in [0.2, 0.25) is 0 Å². The number of aldehydes is 1. The summed E-state index contributed by atoms with van der Waals surface area (Å²) in [4.78, 5) is 18.8. The number of hydrogen-bond donors (Lipinski definition) is 0. The molecule has 5 heteroatoms. The van der Waals surface area contributed by atoms with Gasteiger partial charge in [-0.1, -0.05) is 32.1 Å². The highest BCUT2D eigenvalue weighted by Crippen LogP contribution is 2.32. The van der Waals surface area contributed by atoms with Gasteiger partial charge in [0, 0.05) is 20.2 Å². The molecule has 1 saturated heterocycles. The number of rotatable bonds is 4. The van der Waals surface area contributed by atoms with Gasteiger partial charge in [0.25, 0.3) is 0 Å². The normalized spacial score (nSPS) is 23.9. The lowest BCUT2D eigenvalue weighted by Gasteiger charge is -2.36. The lowest BCUT2D eigenvalue weighted by Crippen LogP contribution is -2.43. The van der Waals surface area contributed by atoms with Gasteiger partial charge in [-0.3, -0.25) is 4.79 Å². The van der Waals surface area contributed by atoms with Crippen molar-refractivity contribution in [2.24, 2.45) is 5.92 Å². The van der Waals surface area contributed by atoms with Gasteiger partial charge in [0.1, 0.15) is 0 Å². The van der Waals surface area contributed by atoms with E-state index in [1.807, 2.05) is 0 Å². The highest BCUT2D eigenvalue weighted by Gasteiger charge is 2.28. The summed E-state index contributed by atoms with van der Waals surface area (Å²) in [6.45, 7) is 8.22. The van der Waals surface area contributed by atoms with Gasteiger partial charge < -0.3 is 9.64 Å². The van der Waals surface area contributed by atoms with Crippen molar-refractivity contribution in [3.8, 4) is 0 Å². The first-order valence-corrected chi connectivity index (χ1v) is 7.62. The molecule has 4 nitrogen and oxygen atoms in total. The molecule has 0 spiro atoms. The van der Waals surface area contributed by atoms with Gasteiger partial charge in [-0.2, -0.15) is 0 Å². The molecule has 0 aliphatic carbocycles. The maximum atomic E-state index is 11.1. The van der Waals surface area contributed by atoms with Gasteiger partial charge in [-0.05, 0) is 18.3 Å². The first-order chi connectivity index (χ1) is 9.06. The number of anilines is 1. The maximum absolute atomic E-state index is 11.1. The van der Waals surface area contributed by atoms with Gasteiger partial charge in [0.2, 0.25) is 0 Å². The molecule has 19 heavy (non-hydrogen) atoms. The van der Waals surface area contributed by atoms with Crippen LogP contribution < -0.4 is 4.90 Å². The molecule has 1 aromatic rings. The van der Waals surface area contributed by atoms with E-state index < -0.39 is 0 Å². The Bertz CT molecular complexity index is 445. The van der Waals surface area contributed by atoms with Crippen LogP contribution in [0.15, 0.2) is 0 Å². The monoisotopic (exact) mass is 282 g/mol. The number of thiazole rings is 1. The summed E-state index contributed by atoms with van der Waals surface area (Å²) in [7, 11) is 1.77. The third-order valence-corrected chi connectivity index (χ3v) is 4.84. The largest absolute Gasteiger partial charge is 0.379 e. The van der Waals surface area contributed by atoms with Crippen LogP contribution in [0.3, 0.4) is 0 Å². The smallest absolute Gasteiger partial charge is 0.186 e. The molecule has 106 valence electrons. The molecule has 1 aliphatic heterocycles. The van der Waals surface area contributed by atoms with Crippen LogP contribution in [-0.4, -0.2) is 37.6 Å². The molecule has 1 aromatic heterocycles. The van der Waals surface area contributed by atoms with E-state index in [0.29, 0.717) is 5.92 Å². The van der Waals surface area contributed by atoms with Gasteiger partial charge in [-0.15, -0.1) is 0 Å². The van der Waals surface area contributed by atoms with Crippen molar-refractivity contribution in [1.82, 2.24) is 4.98 Å². The average molecular weight is 282 g/mol. The number of methoxy groups -OCH3 is 1. The Labute approximate surface area is 118 Å². The molecule has 0 aromatic carbocycles. The van der Waals surface area contributed by atoms with Crippen LogP contribution in [0.25, 0.3) is 0 Å². The first-order valence-electron chi connectivity index (χ1n) is 6.80. The van der Waals surface area contributed by atoms with E-state index in [9.17, 15) is 4.79 Å². The minimum absolute atomic E-state index is 0.250. The molecule has 0 saturated carbocycles. The second-order valence-corrected chi connectivity index (χ2v) is 6.51. The summed E-state index contributed by atoms with van der Waals surface area (Å²) in [5.74, 6) is 0.864. The summed E-state index contributed by atoms with van der Waals surface area (Å²) in [5.41, 5.74) is 0.919. The van der Waals surface area contributed by atoms with Gasteiger partial charge >= 0.3 is 0 Å². The Balaban J connectivity index is 2.20. The fourth-order valence-corrected chi connectivity index (χ4v) is 3.55. The minimum Gasteiger partial charge on any atom is -0.379 e. The van der Waals surface area contributed by atoms with E-state index in [-0.39, 0.29) is 12.0 Å². The van der Waals surface area contributed by atoms with E-state index >= 15 is 0 Å². The maximum Gasteiger partial charge on any atom is 0.186 e. The van der Waals surface area contributed by atoms with Crippen molar-refractivity contribution >= 4 is 22.8 Å². The number of aromatic nitrogens is 1. The molecule has 2 rings (SSSR count). The van der Waals surface area contributed by atoms with Gasteiger partial charge in [0.05, 0.1) is 16.7 Å². The van der Waals surface area contributed by atoms with E-state index in [0.717, 1.165) is 41.5 Å². The van der Waals surface area contributed by atoms with Crippen molar-refractivity contribution in [3.63, 3.8) is 0 Å². The fourth-order valence-electron chi connectivity index (χ4n) is 2.48. The number of ether oxygens (including phenoxy) is 1. The van der Waals surface area contributed by atoms with Crippen LogP contribution in [-0.2, 0) is 4.74 Å². The summed E-state index contributed by atoms with van der Waals surface area (Å²) < 4.78 is 5.53. The minimum atomic E-state index is 0.250. The predicted molar refractivity (Wildman–Crippen MR) is 78.4 cm³/mol. The number of piperidine rings is 1. The molecule has 1 fully saturated rings. The predicted octanol–water partition coefficient (Wildman–Crippen LogP) is 2.94. The van der Waals surface area contributed by atoms with Crippen molar-refractivity contribution in [1.29, 1.82) is 0 Å². The Morgan fingerprint density at radius 2 is 2.26 bits per heavy atom. The topological polar surface area (TPSA) is 42.4 Å². The van der Waals surface area contributed by atoms with E-state index in [2.05, 4.69) is 30.7 Å². The molecule has 2 heterocycles. The van der Waals surface area contributed by atoms with E-state index in [4.69, 9.17) is 4.74 Å². The third-order valence-electron chi connectivity index (χ3n) is 3.79. The van der Waals surface area contributed by atoms with Gasteiger partial charge in [-0.25, -0.2) is 4.98 Å². The number of hydrogen-bond acceptors (Lipinski definition) is 5. The van der Waals surface area contributed by atoms with Crippen molar-refractivity contribution in [2.75, 3.05) is 25.1 Å². The molecule has 2 atom stereocenters. The Hall–Kier alpha value is -0.940. The first kappa shape index (κ1) is 14.5. The fraction of sp³-hybridized carbons (Fsp3) is 0.714. The average Bonchev–Trinajstić information content (AvgIpc) is 2.83. The van der Waals surface area contributed by atoms with Crippen molar-refractivity contribution in [3.05, 3.63) is 10.6 Å². The van der Waals surface area contributed by atoms with Crippen molar-refractivity contribution < 1.29 is 9.53 Å². The number of nitrogens with zero attached hydrogens (tertiary/aromatic N) is 2. The molecule has 2 unspecified atom stereocenters. The second kappa shape index (κ2) is 6.01.